The summed E-state index contributed by atoms with van der Waals surface area (Å²) in [5.41, 5.74) is 0.202. The fourth-order valence-corrected chi connectivity index (χ4v) is 3.22. The lowest BCUT2D eigenvalue weighted by Gasteiger charge is -2.15. The van der Waals surface area contributed by atoms with E-state index in [-0.39, 0.29) is 22.0 Å². The SMILES string of the molecule is COC(=O)NC(=N)Nc1cc(S(=O)(=O)Oc2cccc(Cl)c2)ccc1NC(C)=O. The summed E-state index contributed by atoms with van der Waals surface area (Å²) in [6.07, 6.45) is -0.906. The van der Waals surface area contributed by atoms with Crippen LogP contribution in [0, 0.1) is 5.41 Å². The first-order valence-corrected chi connectivity index (χ1v) is 9.71. The van der Waals surface area contributed by atoms with Crippen molar-refractivity contribution in [1.82, 2.24) is 5.32 Å². The Morgan fingerprint density at radius 1 is 1.07 bits per heavy atom. The van der Waals surface area contributed by atoms with Crippen molar-refractivity contribution in [2.24, 2.45) is 0 Å². The first-order valence-electron chi connectivity index (χ1n) is 7.93. The predicted molar refractivity (Wildman–Crippen MR) is 107 cm³/mol. The maximum Gasteiger partial charge on any atom is 0.413 e. The van der Waals surface area contributed by atoms with Crippen LogP contribution < -0.4 is 20.1 Å². The molecule has 2 rings (SSSR count). The fourth-order valence-electron chi connectivity index (χ4n) is 2.09. The van der Waals surface area contributed by atoms with E-state index in [1.807, 2.05) is 0 Å². The number of ether oxygens (including phenoxy) is 1. The number of carbonyl (C=O) groups is 2. The standard InChI is InChI=1S/C17H17ClN4O6S/c1-10(23)20-14-7-6-13(9-15(14)21-16(19)22-17(24)27-2)29(25,26)28-12-5-3-4-11(18)8-12/h3-9H,1-2H3,(H,20,23)(H3,19,21,22,24). The van der Waals surface area contributed by atoms with Gasteiger partial charge < -0.3 is 19.6 Å². The lowest BCUT2D eigenvalue weighted by Crippen LogP contribution is -2.35. The Morgan fingerprint density at radius 3 is 2.41 bits per heavy atom. The third kappa shape index (κ3) is 6.36. The van der Waals surface area contributed by atoms with Gasteiger partial charge in [0.1, 0.15) is 10.6 Å². The van der Waals surface area contributed by atoms with Gasteiger partial charge in [0.2, 0.25) is 11.9 Å². The summed E-state index contributed by atoms with van der Waals surface area (Å²) in [5.74, 6) is -0.918. The van der Waals surface area contributed by atoms with Crippen LogP contribution in [0.1, 0.15) is 6.92 Å². The number of nitrogens with one attached hydrogen (secondary N) is 4. The number of guanidine groups is 1. The average molecular weight is 441 g/mol. The van der Waals surface area contributed by atoms with Gasteiger partial charge in [0.15, 0.2) is 0 Å². The minimum atomic E-state index is -4.26. The number of hydrogen-bond acceptors (Lipinski definition) is 7. The molecule has 0 radical (unpaired) electrons. The second-order valence-electron chi connectivity index (χ2n) is 5.50. The Hall–Kier alpha value is -3.31. The summed E-state index contributed by atoms with van der Waals surface area (Å²) in [7, 11) is -3.14. The predicted octanol–water partition coefficient (Wildman–Crippen LogP) is 2.77. The van der Waals surface area contributed by atoms with Crippen molar-refractivity contribution in [3.63, 3.8) is 0 Å². The van der Waals surface area contributed by atoms with Crippen molar-refractivity contribution in [3.05, 3.63) is 47.5 Å². The Balaban J connectivity index is 2.36. The largest absolute Gasteiger partial charge is 0.453 e. The molecule has 0 aliphatic rings. The lowest BCUT2D eigenvalue weighted by atomic mass is 10.2. The van der Waals surface area contributed by atoms with Crippen LogP contribution in [0.25, 0.3) is 0 Å². The lowest BCUT2D eigenvalue weighted by molar-refractivity contribution is -0.114. The maximum absolute atomic E-state index is 12.6. The highest BCUT2D eigenvalue weighted by Gasteiger charge is 2.20. The molecule has 0 bridgehead atoms. The van der Waals surface area contributed by atoms with E-state index in [9.17, 15) is 18.0 Å². The maximum atomic E-state index is 12.6. The molecule has 0 fully saturated rings. The van der Waals surface area contributed by atoms with E-state index in [1.165, 1.54) is 37.3 Å². The number of anilines is 2. The van der Waals surface area contributed by atoms with Crippen molar-refractivity contribution >= 4 is 51.1 Å². The summed E-state index contributed by atoms with van der Waals surface area (Å²) >= 11 is 5.83. The zero-order valence-electron chi connectivity index (χ0n) is 15.3. The fraction of sp³-hybridized carbons (Fsp3) is 0.118. The summed E-state index contributed by atoms with van der Waals surface area (Å²) in [5, 5.41) is 15.1. The van der Waals surface area contributed by atoms with Crippen LogP contribution in [0.4, 0.5) is 16.2 Å². The quantitative estimate of drug-likeness (QED) is 0.317. The minimum Gasteiger partial charge on any atom is -0.453 e. The van der Waals surface area contributed by atoms with E-state index in [2.05, 4.69) is 20.7 Å². The molecule has 0 aromatic heterocycles. The average Bonchev–Trinajstić information content (AvgIpc) is 2.62. The van der Waals surface area contributed by atoms with Crippen LogP contribution >= 0.6 is 11.6 Å². The summed E-state index contributed by atoms with van der Waals surface area (Å²) < 4.78 is 34.6. The summed E-state index contributed by atoms with van der Waals surface area (Å²) in [4.78, 5) is 22.3. The van der Waals surface area contributed by atoms with Crippen molar-refractivity contribution in [2.45, 2.75) is 11.8 Å². The molecule has 2 aromatic carbocycles. The molecule has 0 aliphatic heterocycles. The summed E-state index contributed by atoms with van der Waals surface area (Å²) in [6.45, 7) is 1.26. The van der Waals surface area contributed by atoms with Gasteiger partial charge in [-0.15, -0.1) is 0 Å². The topological polar surface area (TPSA) is 147 Å². The van der Waals surface area contributed by atoms with E-state index in [1.54, 1.807) is 6.07 Å². The number of rotatable bonds is 5. The molecule has 4 N–H and O–H groups in total. The Kier molecular flexibility index (Phi) is 7.02. The molecule has 12 heteroatoms. The van der Waals surface area contributed by atoms with Gasteiger partial charge in [-0.2, -0.15) is 8.42 Å². The van der Waals surface area contributed by atoms with Crippen LogP contribution in [0.2, 0.25) is 5.02 Å². The number of amides is 2. The Labute approximate surface area is 171 Å². The van der Waals surface area contributed by atoms with E-state index < -0.39 is 28.1 Å². The monoisotopic (exact) mass is 440 g/mol. The molecule has 0 unspecified atom stereocenters. The molecule has 0 heterocycles. The minimum absolute atomic E-state index is 0.0121. The second kappa shape index (κ2) is 9.26. The van der Waals surface area contributed by atoms with Crippen LogP contribution in [0.5, 0.6) is 5.75 Å². The van der Waals surface area contributed by atoms with E-state index in [0.717, 1.165) is 13.2 Å². The highest BCUT2D eigenvalue weighted by Crippen LogP contribution is 2.28. The molecule has 29 heavy (non-hydrogen) atoms. The van der Waals surface area contributed by atoms with Gasteiger partial charge in [-0.3, -0.25) is 15.5 Å². The van der Waals surface area contributed by atoms with E-state index in [0.29, 0.717) is 5.02 Å². The highest BCUT2D eigenvalue weighted by atomic mass is 35.5. The Morgan fingerprint density at radius 2 is 1.79 bits per heavy atom. The molecule has 2 aromatic rings. The molecular weight excluding hydrogens is 424 g/mol. The molecular formula is C17H17ClN4O6S. The third-order valence-corrected chi connectivity index (χ3v) is 4.74. The first-order chi connectivity index (χ1) is 13.6. The van der Waals surface area contributed by atoms with Crippen LogP contribution in [0.3, 0.4) is 0 Å². The van der Waals surface area contributed by atoms with Gasteiger partial charge >= 0.3 is 16.2 Å². The van der Waals surface area contributed by atoms with Gasteiger partial charge in [-0.05, 0) is 30.3 Å². The second-order valence-corrected chi connectivity index (χ2v) is 7.48. The number of carbonyl (C=O) groups excluding carboxylic acids is 2. The van der Waals surface area contributed by atoms with Crippen molar-refractivity contribution in [1.29, 1.82) is 5.41 Å². The molecule has 154 valence electrons. The number of halogens is 1. The van der Waals surface area contributed by atoms with Crippen molar-refractivity contribution in [2.75, 3.05) is 17.7 Å². The first kappa shape index (κ1) is 22.0. The van der Waals surface area contributed by atoms with Gasteiger partial charge in [0, 0.05) is 18.0 Å². The van der Waals surface area contributed by atoms with Crippen molar-refractivity contribution < 1.29 is 26.9 Å². The Bertz CT molecular complexity index is 1060. The number of methoxy groups -OCH3 is 1. The molecule has 10 nitrogen and oxygen atoms in total. The van der Waals surface area contributed by atoms with Crippen LogP contribution in [-0.4, -0.2) is 33.5 Å². The van der Waals surface area contributed by atoms with Crippen LogP contribution in [0.15, 0.2) is 47.4 Å². The van der Waals surface area contributed by atoms with Crippen molar-refractivity contribution in [3.8, 4) is 5.75 Å². The zero-order chi connectivity index (χ0) is 21.6. The molecule has 0 spiro atoms. The molecule has 0 atom stereocenters. The van der Waals surface area contributed by atoms with Gasteiger partial charge in [-0.25, -0.2) is 4.79 Å². The third-order valence-electron chi connectivity index (χ3n) is 3.26. The van der Waals surface area contributed by atoms with E-state index >= 15 is 0 Å². The molecule has 0 saturated heterocycles. The molecule has 0 saturated carbocycles. The van der Waals surface area contributed by atoms with Crippen LogP contribution in [-0.2, 0) is 19.6 Å². The normalized spacial score (nSPS) is 10.6. The van der Waals surface area contributed by atoms with E-state index in [4.69, 9.17) is 21.2 Å². The van der Waals surface area contributed by atoms with Gasteiger partial charge in [0.05, 0.1) is 18.5 Å². The smallest absolute Gasteiger partial charge is 0.413 e. The number of hydrogen-bond donors (Lipinski definition) is 4. The molecule has 0 aliphatic carbocycles. The number of alkyl carbamates (subject to hydrolysis) is 1. The van der Waals surface area contributed by atoms with Gasteiger partial charge in [-0.1, -0.05) is 17.7 Å². The number of benzene rings is 2. The zero-order valence-corrected chi connectivity index (χ0v) is 16.8. The van der Waals surface area contributed by atoms with Gasteiger partial charge in [0.25, 0.3) is 0 Å². The molecule has 2 amide bonds. The highest BCUT2D eigenvalue weighted by molar-refractivity contribution is 7.87. The summed E-state index contributed by atoms with van der Waals surface area (Å²) in [6, 6.07) is 9.50.